The summed E-state index contributed by atoms with van der Waals surface area (Å²) in [6, 6.07) is 82.9. The molecule has 0 aliphatic carbocycles. The summed E-state index contributed by atoms with van der Waals surface area (Å²) in [5, 5.41) is 7.51. The van der Waals surface area contributed by atoms with Gasteiger partial charge in [-0.3, -0.25) is 0 Å². The van der Waals surface area contributed by atoms with Crippen LogP contribution in [-0.4, -0.2) is 0 Å². The van der Waals surface area contributed by atoms with Gasteiger partial charge in [-0.15, -0.1) is 0 Å². The van der Waals surface area contributed by atoms with E-state index in [1.54, 1.807) is 0 Å². The fourth-order valence-corrected chi connectivity index (χ4v) is 8.21. The Labute approximate surface area is 327 Å². The predicted octanol–water partition coefficient (Wildman–Crippen LogP) is 15.4. The molecule has 0 saturated carbocycles. The van der Waals surface area contributed by atoms with Crippen LogP contribution in [0.5, 0.6) is 0 Å². The largest absolute Gasteiger partial charge is 0.311 e. The molecule has 0 unspecified atom stereocenters. The molecular formula is C54H38N2. The molecule has 56 heavy (non-hydrogen) atoms. The van der Waals surface area contributed by atoms with Crippen LogP contribution in [0.4, 0.5) is 34.1 Å². The Kier molecular flexibility index (Phi) is 8.55. The molecule has 10 aromatic rings. The van der Waals surface area contributed by atoms with Gasteiger partial charge in [0.15, 0.2) is 0 Å². The maximum atomic E-state index is 2.41. The van der Waals surface area contributed by atoms with Crippen molar-refractivity contribution in [2.24, 2.45) is 0 Å². The van der Waals surface area contributed by atoms with E-state index >= 15 is 0 Å². The van der Waals surface area contributed by atoms with Crippen molar-refractivity contribution in [1.29, 1.82) is 0 Å². The van der Waals surface area contributed by atoms with Crippen LogP contribution in [0.15, 0.2) is 231 Å². The van der Waals surface area contributed by atoms with E-state index in [4.69, 9.17) is 0 Å². The topological polar surface area (TPSA) is 6.48 Å². The van der Waals surface area contributed by atoms with E-state index in [1.165, 1.54) is 54.6 Å². The minimum absolute atomic E-state index is 1.12. The van der Waals surface area contributed by atoms with Crippen LogP contribution >= 0.6 is 0 Å². The lowest BCUT2D eigenvalue weighted by Crippen LogP contribution is -2.09. The summed E-state index contributed by atoms with van der Waals surface area (Å²) in [5.41, 5.74) is 11.6. The molecule has 0 heterocycles. The number of para-hydroxylation sites is 4. The Morgan fingerprint density at radius 3 is 0.750 bits per heavy atom. The van der Waals surface area contributed by atoms with Crippen LogP contribution in [0.1, 0.15) is 0 Å². The summed E-state index contributed by atoms with van der Waals surface area (Å²) in [6.45, 7) is 0. The van der Waals surface area contributed by atoms with Gasteiger partial charge in [-0.25, -0.2) is 0 Å². The van der Waals surface area contributed by atoms with Gasteiger partial charge in [0.25, 0.3) is 0 Å². The first-order chi connectivity index (χ1) is 27.8. The highest BCUT2D eigenvalue weighted by Crippen LogP contribution is 2.43. The standard InChI is InChI=1S/C54H38N2/c1-5-17-41(18-6-1)55(42-19-7-2-8-20-42)45-33-29-39(30-34-45)51-37-53-50-28-16-14-26-48(50)52(38-54(53)49-27-15-13-25-47(49)51)40-31-35-46(36-32-40)56(43-21-9-3-10-22-43)44-23-11-4-12-24-44/h1-38H. The quantitative estimate of drug-likeness (QED) is 0.145. The van der Waals surface area contributed by atoms with Crippen LogP contribution in [-0.2, 0) is 0 Å². The van der Waals surface area contributed by atoms with Gasteiger partial charge < -0.3 is 9.80 Å². The van der Waals surface area contributed by atoms with Crippen molar-refractivity contribution in [1.82, 2.24) is 0 Å². The summed E-state index contributed by atoms with van der Waals surface area (Å²) in [5.74, 6) is 0. The Morgan fingerprint density at radius 1 is 0.196 bits per heavy atom. The van der Waals surface area contributed by atoms with Crippen LogP contribution in [0, 0.1) is 0 Å². The third-order valence-electron chi connectivity index (χ3n) is 10.8. The fraction of sp³-hybridized carbons (Fsp3) is 0. The van der Waals surface area contributed by atoms with Crippen molar-refractivity contribution in [3.63, 3.8) is 0 Å². The highest BCUT2D eigenvalue weighted by Gasteiger charge is 2.17. The summed E-state index contributed by atoms with van der Waals surface area (Å²) < 4.78 is 0. The molecule has 0 aliphatic heterocycles. The number of benzene rings is 10. The second-order valence-corrected chi connectivity index (χ2v) is 14.1. The smallest absolute Gasteiger partial charge is 0.0462 e. The Balaban J connectivity index is 1.09. The van der Waals surface area contributed by atoms with E-state index in [0.717, 1.165) is 34.1 Å². The van der Waals surface area contributed by atoms with Crippen molar-refractivity contribution in [2.75, 3.05) is 9.80 Å². The molecule has 0 aromatic heterocycles. The Hall–Kier alpha value is -7.42. The van der Waals surface area contributed by atoms with Crippen LogP contribution in [0.2, 0.25) is 0 Å². The van der Waals surface area contributed by atoms with Crippen LogP contribution in [0.25, 0.3) is 54.6 Å². The van der Waals surface area contributed by atoms with E-state index < -0.39 is 0 Å². The molecule has 0 amide bonds. The maximum absolute atomic E-state index is 2.41. The number of rotatable bonds is 8. The van der Waals surface area contributed by atoms with Crippen molar-refractivity contribution in [2.45, 2.75) is 0 Å². The normalized spacial score (nSPS) is 11.2. The molecule has 0 fully saturated rings. The third-order valence-corrected chi connectivity index (χ3v) is 10.8. The average Bonchev–Trinajstić information content (AvgIpc) is 3.28. The average molecular weight is 715 g/mol. The molecule has 2 heteroatoms. The third kappa shape index (κ3) is 6.04. The second kappa shape index (κ2) is 14.4. The zero-order chi connectivity index (χ0) is 37.3. The predicted molar refractivity (Wildman–Crippen MR) is 239 cm³/mol. The van der Waals surface area contributed by atoms with E-state index in [1.807, 2.05) is 0 Å². The number of fused-ring (bicyclic) bond motifs is 5. The van der Waals surface area contributed by atoms with E-state index in [2.05, 4.69) is 240 Å². The SMILES string of the molecule is c1ccc(N(c2ccccc2)c2ccc(-c3cc4c5ccccc5c(-c5ccc(N(c6ccccc6)c6ccccc6)cc5)cc4c4ccccc34)cc2)cc1. The Morgan fingerprint density at radius 2 is 0.446 bits per heavy atom. The first kappa shape index (κ1) is 33.2. The summed E-state index contributed by atoms with van der Waals surface area (Å²) in [6.07, 6.45) is 0. The van der Waals surface area contributed by atoms with Crippen molar-refractivity contribution >= 4 is 66.4 Å². The second-order valence-electron chi connectivity index (χ2n) is 14.1. The first-order valence-corrected chi connectivity index (χ1v) is 19.2. The first-order valence-electron chi connectivity index (χ1n) is 19.2. The molecule has 264 valence electrons. The van der Waals surface area contributed by atoms with Crippen molar-refractivity contribution < 1.29 is 0 Å². The van der Waals surface area contributed by atoms with Crippen molar-refractivity contribution in [3.05, 3.63) is 231 Å². The molecule has 0 N–H and O–H groups in total. The van der Waals surface area contributed by atoms with Gasteiger partial charge in [0.2, 0.25) is 0 Å². The summed E-state index contributed by atoms with van der Waals surface area (Å²) in [4.78, 5) is 4.62. The van der Waals surface area contributed by atoms with Gasteiger partial charge in [0.05, 0.1) is 0 Å². The lowest BCUT2D eigenvalue weighted by Gasteiger charge is -2.25. The highest BCUT2D eigenvalue weighted by atomic mass is 15.1. The molecule has 0 saturated heterocycles. The minimum atomic E-state index is 1.12. The van der Waals surface area contributed by atoms with E-state index in [0.29, 0.717) is 0 Å². The van der Waals surface area contributed by atoms with Crippen molar-refractivity contribution in [3.8, 4) is 22.3 Å². The number of nitrogens with zero attached hydrogens (tertiary/aromatic N) is 2. The summed E-state index contributed by atoms with van der Waals surface area (Å²) >= 11 is 0. The Bertz CT molecular complexity index is 2640. The molecule has 0 bridgehead atoms. The lowest BCUT2D eigenvalue weighted by atomic mass is 9.87. The van der Waals surface area contributed by atoms with Gasteiger partial charge >= 0.3 is 0 Å². The minimum Gasteiger partial charge on any atom is -0.311 e. The molecule has 2 nitrogen and oxygen atoms in total. The highest BCUT2D eigenvalue weighted by molar-refractivity contribution is 6.23. The van der Waals surface area contributed by atoms with Crippen LogP contribution < -0.4 is 9.80 Å². The maximum Gasteiger partial charge on any atom is 0.0462 e. The van der Waals surface area contributed by atoms with Crippen LogP contribution in [0.3, 0.4) is 0 Å². The van der Waals surface area contributed by atoms with Gasteiger partial charge in [0.1, 0.15) is 0 Å². The lowest BCUT2D eigenvalue weighted by molar-refractivity contribution is 1.28. The number of hydrogen-bond donors (Lipinski definition) is 0. The zero-order valence-electron chi connectivity index (χ0n) is 30.8. The van der Waals surface area contributed by atoms with E-state index in [-0.39, 0.29) is 0 Å². The molecular weight excluding hydrogens is 677 g/mol. The number of hydrogen-bond acceptors (Lipinski definition) is 2. The molecule has 10 rings (SSSR count). The van der Waals surface area contributed by atoms with E-state index in [9.17, 15) is 0 Å². The fourth-order valence-electron chi connectivity index (χ4n) is 8.21. The molecule has 10 aromatic carbocycles. The monoisotopic (exact) mass is 714 g/mol. The molecule has 0 atom stereocenters. The molecule has 0 spiro atoms. The summed E-state index contributed by atoms with van der Waals surface area (Å²) in [7, 11) is 0. The van der Waals surface area contributed by atoms with Gasteiger partial charge in [-0.05, 0) is 140 Å². The van der Waals surface area contributed by atoms with Gasteiger partial charge in [-0.1, -0.05) is 146 Å². The molecule has 0 aliphatic rings. The van der Waals surface area contributed by atoms with Gasteiger partial charge in [-0.2, -0.15) is 0 Å². The zero-order valence-corrected chi connectivity index (χ0v) is 30.8. The number of anilines is 6. The van der Waals surface area contributed by atoms with Gasteiger partial charge in [0, 0.05) is 34.1 Å². The molecule has 0 radical (unpaired) electrons.